The fourth-order valence-electron chi connectivity index (χ4n) is 1.54. The van der Waals surface area contributed by atoms with Crippen molar-refractivity contribution in [1.82, 2.24) is 0 Å². The summed E-state index contributed by atoms with van der Waals surface area (Å²) in [5.41, 5.74) is 0. The van der Waals surface area contributed by atoms with Gasteiger partial charge >= 0.3 is 0 Å². The molecule has 0 spiro atoms. The lowest BCUT2D eigenvalue weighted by molar-refractivity contribution is -0.0203. The maximum atomic E-state index is 9.35. The van der Waals surface area contributed by atoms with Gasteiger partial charge in [0.05, 0.1) is 12.2 Å². The summed E-state index contributed by atoms with van der Waals surface area (Å²) in [5.74, 6) is 0.539. The molecule has 2 heteroatoms. The molecule has 0 unspecified atom stereocenters. The second kappa shape index (κ2) is 2.89. The van der Waals surface area contributed by atoms with Crippen molar-refractivity contribution in [3.8, 4) is 0 Å². The van der Waals surface area contributed by atoms with E-state index in [1.807, 2.05) is 13.8 Å². The molecule has 0 radical (unpaired) electrons. The zero-order valence-electron chi connectivity index (χ0n) is 6.62. The van der Waals surface area contributed by atoms with E-state index >= 15 is 0 Å². The van der Waals surface area contributed by atoms with Crippen LogP contribution in [0.15, 0.2) is 0 Å². The lowest BCUT2D eigenvalue weighted by Crippen LogP contribution is -2.35. The van der Waals surface area contributed by atoms with Gasteiger partial charge in [-0.1, -0.05) is 13.8 Å². The summed E-state index contributed by atoms with van der Waals surface area (Å²) in [6.07, 6.45) is 1.11. The third-order valence-electron chi connectivity index (χ3n) is 2.54. The van der Waals surface area contributed by atoms with Gasteiger partial charge in [0.25, 0.3) is 0 Å². The number of hydrogen-bond donors (Lipinski definition) is 2. The summed E-state index contributed by atoms with van der Waals surface area (Å²) in [6.45, 7) is 3.97. The highest BCUT2D eigenvalue weighted by atomic mass is 16.3. The van der Waals surface area contributed by atoms with Gasteiger partial charge in [0, 0.05) is 0 Å². The molecule has 0 aromatic heterocycles. The van der Waals surface area contributed by atoms with Crippen LogP contribution in [0, 0.1) is 11.8 Å². The number of aliphatic hydroxyl groups is 2. The standard InChI is InChI=1S/C8H16O2/c1-5-3-8(10)6(2)4-7(5)9/h5-10H,3-4H2,1-2H3/t5-,6-,7+,8+/m1/s1. The molecule has 2 N–H and O–H groups in total. The monoisotopic (exact) mass is 144 g/mol. The first-order valence-corrected chi connectivity index (χ1v) is 3.97. The molecule has 0 amide bonds. The predicted octanol–water partition coefficient (Wildman–Crippen LogP) is 0.774. The Hall–Kier alpha value is -0.0800. The molecule has 0 aromatic rings. The van der Waals surface area contributed by atoms with Crippen LogP contribution < -0.4 is 0 Å². The van der Waals surface area contributed by atoms with E-state index in [0.29, 0.717) is 0 Å². The average molecular weight is 144 g/mol. The molecule has 0 aromatic carbocycles. The Morgan fingerprint density at radius 1 is 0.900 bits per heavy atom. The molecule has 4 atom stereocenters. The van der Waals surface area contributed by atoms with Crippen molar-refractivity contribution in [1.29, 1.82) is 0 Å². The van der Waals surface area contributed by atoms with E-state index in [-0.39, 0.29) is 24.0 Å². The normalized spacial score (nSPS) is 49.2. The topological polar surface area (TPSA) is 40.5 Å². The summed E-state index contributed by atoms with van der Waals surface area (Å²) in [5, 5.41) is 18.7. The van der Waals surface area contributed by atoms with E-state index in [1.165, 1.54) is 0 Å². The van der Waals surface area contributed by atoms with Gasteiger partial charge in [-0.2, -0.15) is 0 Å². The van der Waals surface area contributed by atoms with Crippen molar-refractivity contribution in [2.75, 3.05) is 0 Å². The van der Waals surface area contributed by atoms with Crippen molar-refractivity contribution in [2.45, 2.75) is 38.9 Å². The van der Waals surface area contributed by atoms with Crippen molar-refractivity contribution >= 4 is 0 Å². The first-order valence-electron chi connectivity index (χ1n) is 3.97. The number of rotatable bonds is 0. The molecule has 1 saturated carbocycles. The largest absolute Gasteiger partial charge is 0.393 e. The van der Waals surface area contributed by atoms with Crippen LogP contribution in [-0.4, -0.2) is 22.4 Å². The third kappa shape index (κ3) is 1.50. The average Bonchev–Trinajstić information content (AvgIpc) is 1.84. The van der Waals surface area contributed by atoms with E-state index in [4.69, 9.17) is 0 Å². The van der Waals surface area contributed by atoms with Gasteiger partial charge in [-0.3, -0.25) is 0 Å². The van der Waals surface area contributed by atoms with Crippen LogP contribution >= 0.6 is 0 Å². The molecule has 1 aliphatic carbocycles. The van der Waals surface area contributed by atoms with Crippen LogP contribution in [0.3, 0.4) is 0 Å². The van der Waals surface area contributed by atoms with Crippen molar-refractivity contribution in [2.24, 2.45) is 11.8 Å². The minimum atomic E-state index is -0.196. The SMILES string of the molecule is C[C@@H]1C[C@H](O)[C@H](C)C[C@@H]1O. The highest BCUT2D eigenvalue weighted by Gasteiger charge is 2.29. The van der Waals surface area contributed by atoms with Crippen molar-refractivity contribution in [3.05, 3.63) is 0 Å². The third-order valence-corrected chi connectivity index (χ3v) is 2.54. The Morgan fingerprint density at radius 3 is 1.50 bits per heavy atom. The van der Waals surface area contributed by atoms with E-state index < -0.39 is 0 Å². The van der Waals surface area contributed by atoms with Gasteiger partial charge in [0.2, 0.25) is 0 Å². The first kappa shape index (κ1) is 8.02. The molecule has 1 aliphatic rings. The fourth-order valence-corrected chi connectivity index (χ4v) is 1.54. The molecular formula is C8H16O2. The van der Waals surface area contributed by atoms with Crippen molar-refractivity contribution in [3.63, 3.8) is 0 Å². The Bertz CT molecular complexity index is 87.8. The molecule has 0 bridgehead atoms. The molecule has 2 nitrogen and oxygen atoms in total. The fraction of sp³-hybridized carbons (Fsp3) is 1.00. The molecule has 60 valence electrons. The number of aliphatic hydroxyl groups excluding tert-OH is 2. The summed E-state index contributed by atoms with van der Waals surface area (Å²) in [6, 6.07) is 0. The van der Waals surface area contributed by atoms with Crippen LogP contribution in [-0.2, 0) is 0 Å². The van der Waals surface area contributed by atoms with Crippen LogP contribution in [0.25, 0.3) is 0 Å². The van der Waals surface area contributed by atoms with E-state index in [2.05, 4.69) is 0 Å². The van der Waals surface area contributed by atoms with Crippen LogP contribution in [0.5, 0.6) is 0 Å². The molecule has 0 aliphatic heterocycles. The zero-order chi connectivity index (χ0) is 7.72. The Labute approximate surface area is 61.9 Å². The second-order valence-corrected chi connectivity index (χ2v) is 3.56. The summed E-state index contributed by atoms with van der Waals surface area (Å²) >= 11 is 0. The van der Waals surface area contributed by atoms with E-state index in [1.54, 1.807) is 0 Å². The highest BCUT2D eigenvalue weighted by Crippen LogP contribution is 2.28. The number of hydrogen-bond acceptors (Lipinski definition) is 2. The van der Waals surface area contributed by atoms with Crippen molar-refractivity contribution < 1.29 is 10.2 Å². The quantitative estimate of drug-likeness (QED) is 0.527. The van der Waals surface area contributed by atoms with Crippen LogP contribution in [0.2, 0.25) is 0 Å². The maximum Gasteiger partial charge on any atom is 0.0570 e. The van der Waals surface area contributed by atoms with Gasteiger partial charge in [-0.25, -0.2) is 0 Å². The molecular weight excluding hydrogens is 128 g/mol. The predicted molar refractivity (Wildman–Crippen MR) is 39.6 cm³/mol. The lowest BCUT2D eigenvalue weighted by Gasteiger charge is -2.33. The molecule has 1 rings (SSSR count). The van der Waals surface area contributed by atoms with Crippen LogP contribution in [0.4, 0.5) is 0 Å². The Morgan fingerprint density at radius 2 is 1.20 bits per heavy atom. The lowest BCUT2D eigenvalue weighted by atomic mass is 9.80. The highest BCUT2D eigenvalue weighted by molar-refractivity contribution is 4.80. The summed E-state index contributed by atoms with van der Waals surface area (Å²) in [7, 11) is 0. The van der Waals surface area contributed by atoms with Crippen LogP contribution in [0.1, 0.15) is 26.7 Å². The molecule has 0 saturated heterocycles. The Balaban J connectivity index is 2.46. The minimum absolute atomic E-state index is 0.196. The molecule has 0 heterocycles. The second-order valence-electron chi connectivity index (χ2n) is 3.56. The van der Waals surface area contributed by atoms with E-state index in [9.17, 15) is 10.2 Å². The summed E-state index contributed by atoms with van der Waals surface area (Å²) in [4.78, 5) is 0. The maximum absolute atomic E-state index is 9.35. The zero-order valence-corrected chi connectivity index (χ0v) is 6.62. The first-order chi connectivity index (χ1) is 4.61. The van der Waals surface area contributed by atoms with Gasteiger partial charge in [0.15, 0.2) is 0 Å². The van der Waals surface area contributed by atoms with Gasteiger partial charge in [-0.15, -0.1) is 0 Å². The smallest absolute Gasteiger partial charge is 0.0570 e. The van der Waals surface area contributed by atoms with Gasteiger partial charge in [0.1, 0.15) is 0 Å². The van der Waals surface area contributed by atoms with Gasteiger partial charge in [-0.05, 0) is 24.7 Å². The Kier molecular flexibility index (Phi) is 2.32. The van der Waals surface area contributed by atoms with Gasteiger partial charge < -0.3 is 10.2 Å². The minimum Gasteiger partial charge on any atom is -0.393 e. The van der Waals surface area contributed by atoms with E-state index in [0.717, 1.165) is 12.8 Å². The summed E-state index contributed by atoms with van der Waals surface area (Å²) < 4.78 is 0. The molecule has 1 fully saturated rings. The molecule has 10 heavy (non-hydrogen) atoms.